The van der Waals surface area contributed by atoms with Crippen molar-refractivity contribution in [3.05, 3.63) is 58.4 Å². The van der Waals surface area contributed by atoms with Gasteiger partial charge in [0.15, 0.2) is 5.65 Å². The van der Waals surface area contributed by atoms with Gasteiger partial charge in [0, 0.05) is 64.4 Å². The molecule has 3 aromatic rings. The Morgan fingerprint density at radius 3 is 2.62 bits per heavy atom. The minimum atomic E-state index is -0.540. The molecule has 6 rings (SSSR count). The van der Waals surface area contributed by atoms with Crippen LogP contribution in [-0.2, 0) is 9.59 Å². The van der Waals surface area contributed by atoms with E-state index in [9.17, 15) is 14.4 Å². The van der Waals surface area contributed by atoms with Crippen molar-refractivity contribution in [3.63, 3.8) is 0 Å². The lowest BCUT2D eigenvalue weighted by molar-refractivity contribution is -0.136. The average Bonchev–Trinajstić information content (AvgIpc) is 3.70. The van der Waals surface area contributed by atoms with Gasteiger partial charge in [-0.25, -0.2) is 14.2 Å². The van der Waals surface area contributed by atoms with Gasteiger partial charge in [-0.3, -0.25) is 19.1 Å². The number of nitrogens with one attached hydrogen (secondary N) is 2. The summed E-state index contributed by atoms with van der Waals surface area (Å²) in [5.74, 6) is -0.389. The number of piperidine rings is 1. The van der Waals surface area contributed by atoms with Crippen LogP contribution in [0.25, 0.3) is 11.2 Å². The molecule has 3 aliphatic rings. The standard InChI is InChI=1S/C33H44FN7O3S.H2/c1-33(2,3)13-18-40-30(43)26(45-31(40)23-7-5-8-24(34)28(23)39-15-10-21(20-39)35-4)19-27(42)38-16-11-22(12-17-38)41-25-9-6-14-36-29(25)37-32(41)44;/h5-9,14,21-22,26,31,35H,10-13,15-20H2,1-4H3,(H,36,37,44);1H/t21?,26-,31-;/m0./s1. The van der Waals surface area contributed by atoms with Crippen molar-refractivity contribution in [2.24, 2.45) is 5.41 Å². The molecule has 1 aromatic carbocycles. The van der Waals surface area contributed by atoms with Crippen molar-refractivity contribution in [2.45, 2.75) is 75.6 Å². The molecule has 244 valence electrons. The molecule has 12 heteroatoms. The molecule has 5 heterocycles. The van der Waals surface area contributed by atoms with Crippen molar-refractivity contribution in [1.29, 1.82) is 0 Å². The fourth-order valence-electron chi connectivity index (χ4n) is 6.89. The van der Waals surface area contributed by atoms with E-state index in [2.05, 4.69) is 41.0 Å². The maximum atomic E-state index is 15.5. The highest BCUT2D eigenvalue weighted by atomic mass is 32.2. The number of likely N-dealkylation sites (N-methyl/N-ethyl adjacent to an activating group) is 1. The van der Waals surface area contributed by atoms with Crippen LogP contribution in [0.2, 0.25) is 0 Å². The fraction of sp³-hybridized carbons (Fsp3) is 0.576. The number of halogens is 1. The van der Waals surface area contributed by atoms with E-state index in [1.165, 1.54) is 17.8 Å². The largest absolute Gasteiger partial charge is 0.367 e. The number of aromatic nitrogens is 3. The van der Waals surface area contributed by atoms with Gasteiger partial charge in [-0.2, -0.15) is 0 Å². The summed E-state index contributed by atoms with van der Waals surface area (Å²) < 4.78 is 17.3. The van der Waals surface area contributed by atoms with Gasteiger partial charge >= 0.3 is 5.69 Å². The van der Waals surface area contributed by atoms with Crippen LogP contribution in [0.4, 0.5) is 10.1 Å². The Kier molecular flexibility index (Phi) is 8.98. The highest BCUT2D eigenvalue weighted by molar-refractivity contribution is 8.01. The van der Waals surface area contributed by atoms with E-state index >= 15 is 4.39 Å². The highest BCUT2D eigenvalue weighted by Gasteiger charge is 2.44. The number of nitrogens with zero attached hydrogens (tertiary/aromatic N) is 5. The first-order valence-corrected chi connectivity index (χ1v) is 17.0. The van der Waals surface area contributed by atoms with Gasteiger partial charge in [-0.15, -0.1) is 11.8 Å². The number of likely N-dealkylation sites (tertiary alicyclic amines) is 1. The van der Waals surface area contributed by atoms with Crippen LogP contribution in [-0.4, -0.2) is 87.2 Å². The number of hydrogen-bond donors (Lipinski definition) is 2. The minimum absolute atomic E-state index is 0. The predicted molar refractivity (Wildman–Crippen MR) is 178 cm³/mol. The van der Waals surface area contributed by atoms with Crippen LogP contribution in [0.5, 0.6) is 0 Å². The molecule has 10 nitrogen and oxygen atoms in total. The number of hydrogen-bond acceptors (Lipinski definition) is 7. The van der Waals surface area contributed by atoms with Crippen molar-refractivity contribution in [1.82, 2.24) is 29.7 Å². The van der Waals surface area contributed by atoms with Crippen LogP contribution in [0.3, 0.4) is 0 Å². The highest BCUT2D eigenvalue weighted by Crippen LogP contribution is 2.48. The number of amides is 2. The number of H-pyrrole nitrogens is 1. The molecule has 0 bridgehead atoms. The smallest absolute Gasteiger partial charge is 0.327 e. The number of anilines is 1. The molecule has 0 aliphatic carbocycles. The van der Waals surface area contributed by atoms with Gasteiger partial charge in [-0.1, -0.05) is 32.9 Å². The molecular formula is C33H46FN7O3S. The predicted octanol–water partition coefficient (Wildman–Crippen LogP) is 4.54. The number of benzene rings is 1. The SMILES string of the molecule is CNC1CCN(c2c(F)cccc2[C@@H]2S[C@@H](CC(=O)N3CCC(n4c(=O)[nH]c5ncccc54)CC3)C(=O)N2CCC(C)(C)C)C1.[HH]. The van der Waals surface area contributed by atoms with Crippen molar-refractivity contribution in [3.8, 4) is 0 Å². The molecule has 45 heavy (non-hydrogen) atoms. The van der Waals surface area contributed by atoms with E-state index in [4.69, 9.17) is 0 Å². The second kappa shape index (κ2) is 12.8. The maximum Gasteiger partial charge on any atom is 0.327 e. The Morgan fingerprint density at radius 2 is 1.91 bits per heavy atom. The molecular weight excluding hydrogens is 593 g/mol. The molecule has 2 amide bonds. The van der Waals surface area contributed by atoms with E-state index < -0.39 is 5.25 Å². The van der Waals surface area contributed by atoms with Gasteiger partial charge in [-0.05, 0) is 56.3 Å². The van der Waals surface area contributed by atoms with Crippen molar-refractivity contribution < 1.29 is 15.4 Å². The summed E-state index contributed by atoms with van der Waals surface area (Å²) in [6.07, 6.45) is 4.77. The number of carbonyl (C=O) groups is 2. The molecule has 1 unspecified atom stereocenters. The lowest BCUT2D eigenvalue weighted by Crippen LogP contribution is -2.42. The Bertz CT molecular complexity index is 1620. The first kappa shape index (κ1) is 31.6. The minimum Gasteiger partial charge on any atom is -0.367 e. The summed E-state index contributed by atoms with van der Waals surface area (Å²) in [6, 6.07) is 9.12. The quantitative estimate of drug-likeness (QED) is 0.373. The summed E-state index contributed by atoms with van der Waals surface area (Å²) in [4.78, 5) is 53.2. The maximum absolute atomic E-state index is 15.5. The molecule has 2 aromatic heterocycles. The molecule has 0 radical (unpaired) electrons. The van der Waals surface area contributed by atoms with Crippen molar-refractivity contribution in [2.75, 3.05) is 44.7 Å². The number of carbonyl (C=O) groups excluding carboxylic acids is 2. The Labute approximate surface area is 269 Å². The van der Waals surface area contributed by atoms with Crippen molar-refractivity contribution >= 4 is 40.4 Å². The van der Waals surface area contributed by atoms with Gasteiger partial charge in [0.25, 0.3) is 0 Å². The van der Waals surface area contributed by atoms with Gasteiger partial charge in [0.1, 0.15) is 11.2 Å². The van der Waals surface area contributed by atoms with E-state index in [0.29, 0.717) is 50.4 Å². The van der Waals surface area contributed by atoms with Crippen LogP contribution in [0.15, 0.2) is 41.3 Å². The third-order valence-corrected chi connectivity index (χ3v) is 10.9. The molecule has 3 saturated heterocycles. The molecule has 3 atom stereocenters. The van der Waals surface area contributed by atoms with Gasteiger partial charge < -0.3 is 20.0 Å². The number of thioether (sulfide) groups is 1. The lowest BCUT2D eigenvalue weighted by Gasteiger charge is -2.33. The monoisotopic (exact) mass is 639 g/mol. The normalized spacial score (nSPS) is 23.1. The third-order valence-electron chi connectivity index (χ3n) is 9.47. The third kappa shape index (κ3) is 6.49. The first-order valence-electron chi connectivity index (χ1n) is 16.0. The molecule has 3 fully saturated rings. The summed E-state index contributed by atoms with van der Waals surface area (Å²) in [7, 11) is 1.93. The second-order valence-electron chi connectivity index (χ2n) is 13.7. The van der Waals surface area contributed by atoms with E-state index in [-0.39, 0.29) is 54.0 Å². The number of rotatable bonds is 8. The van der Waals surface area contributed by atoms with Crippen LogP contribution in [0, 0.1) is 11.2 Å². The Balaban J connectivity index is 0.00000417. The van der Waals surface area contributed by atoms with Gasteiger partial charge in [0.2, 0.25) is 11.8 Å². The van der Waals surface area contributed by atoms with E-state index in [1.54, 1.807) is 16.8 Å². The van der Waals surface area contributed by atoms with E-state index in [1.807, 2.05) is 35.0 Å². The lowest BCUT2D eigenvalue weighted by atomic mass is 9.92. The Morgan fingerprint density at radius 1 is 1.13 bits per heavy atom. The van der Waals surface area contributed by atoms with E-state index in [0.717, 1.165) is 30.5 Å². The molecule has 3 aliphatic heterocycles. The number of fused-ring (bicyclic) bond motifs is 1. The fourth-order valence-corrected chi connectivity index (χ4v) is 8.39. The zero-order valence-corrected chi connectivity index (χ0v) is 27.4. The zero-order chi connectivity index (χ0) is 31.9. The topological polar surface area (TPSA) is 107 Å². The Hall–Kier alpha value is -3.38. The summed E-state index contributed by atoms with van der Waals surface area (Å²) in [5, 5.41) is 2.40. The molecule has 0 saturated carbocycles. The van der Waals surface area contributed by atoms with Gasteiger partial charge in [0.05, 0.1) is 16.5 Å². The number of pyridine rings is 1. The second-order valence-corrected chi connectivity index (χ2v) is 15.0. The molecule has 0 spiro atoms. The summed E-state index contributed by atoms with van der Waals surface area (Å²) in [6.45, 7) is 9.47. The van der Waals surface area contributed by atoms with Crippen LogP contribution >= 0.6 is 11.8 Å². The van der Waals surface area contributed by atoms with Crippen LogP contribution < -0.4 is 15.9 Å². The number of para-hydroxylation sites is 1. The summed E-state index contributed by atoms with van der Waals surface area (Å²) in [5.41, 5.74) is 2.53. The zero-order valence-electron chi connectivity index (χ0n) is 26.6. The number of aromatic amines is 1. The summed E-state index contributed by atoms with van der Waals surface area (Å²) >= 11 is 1.48. The first-order chi connectivity index (χ1) is 21.5. The average molecular weight is 640 g/mol. The van der Waals surface area contributed by atoms with Crippen LogP contribution in [0.1, 0.15) is 71.3 Å². The number of imidazole rings is 1. The molecule has 2 N–H and O–H groups in total.